The van der Waals surface area contributed by atoms with Crippen LogP contribution in [0, 0.1) is 5.41 Å². The lowest BCUT2D eigenvalue weighted by Crippen LogP contribution is -2.35. The first-order valence-electron chi connectivity index (χ1n) is 4.93. The Morgan fingerprint density at radius 3 is 2.71 bits per heavy atom. The van der Waals surface area contributed by atoms with E-state index in [0.717, 1.165) is 25.9 Å². The third kappa shape index (κ3) is 1.71. The van der Waals surface area contributed by atoms with Gasteiger partial charge in [-0.05, 0) is 24.0 Å². The van der Waals surface area contributed by atoms with E-state index >= 15 is 0 Å². The Hall–Kier alpha value is -1.51. The number of nitrogens with two attached hydrogens (primary N) is 1. The highest BCUT2D eigenvalue weighted by Gasteiger charge is 2.13. The van der Waals surface area contributed by atoms with Crippen LogP contribution in [0.5, 0.6) is 0 Å². The second-order valence-corrected chi connectivity index (χ2v) is 3.68. The van der Waals surface area contributed by atoms with Crippen LogP contribution in [-0.2, 0) is 13.0 Å². The molecule has 1 aromatic rings. The normalized spacial score (nSPS) is 15.9. The van der Waals surface area contributed by atoms with Gasteiger partial charge < -0.3 is 10.6 Å². The zero-order chi connectivity index (χ0) is 9.97. The molecule has 0 saturated heterocycles. The van der Waals surface area contributed by atoms with Gasteiger partial charge in [-0.25, -0.2) is 0 Å². The number of nitrogens with one attached hydrogen (secondary N) is 1. The summed E-state index contributed by atoms with van der Waals surface area (Å²) < 4.78 is 0. The summed E-state index contributed by atoms with van der Waals surface area (Å²) in [6, 6.07) is 8.40. The van der Waals surface area contributed by atoms with Gasteiger partial charge in [-0.2, -0.15) is 0 Å². The summed E-state index contributed by atoms with van der Waals surface area (Å²) in [5.74, 6) is 0.182. The van der Waals surface area contributed by atoms with E-state index in [0.29, 0.717) is 0 Å². The van der Waals surface area contributed by atoms with Gasteiger partial charge in [0.25, 0.3) is 0 Å². The molecule has 1 aromatic carbocycles. The van der Waals surface area contributed by atoms with E-state index < -0.39 is 0 Å². The fraction of sp³-hybridized carbons (Fsp3) is 0.364. The molecule has 3 nitrogen and oxygen atoms in total. The first-order chi connectivity index (χ1) is 6.77. The van der Waals surface area contributed by atoms with Gasteiger partial charge in [0.15, 0.2) is 5.96 Å². The Bertz CT molecular complexity index is 346. The fourth-order valence-electron chi connectivity index (χ4n) is 1.91. The molecule has 3 heteroatoms. The van der Waals surface area contributed by atoms with Crippen LogP contribution in [0.25, 0.3) is 0 Å². The number of hydrogen-bond acceptors (Lipinski definition) is 1. The maximum absolute atomic E-state index is 7.43. The molecule has 0 unspecified atom stereocenters. The van der Waals surface area contributed by atoms with Gasteiger partial charge in [-0.1, -0.05) is 24.3 Å². The predicted molar refractivity (Wildman–Crippen MR) is 57.1 cm³/mol. The Morgan fingerprint density at radius 1 is 1.29 bits per heavy atom. The molecule has 1 aliphatic rings. The van der Waals surface area contributed by atoms with E-state index in [2.05, 4.69) is 18.2 Å². The lowest BCUT2D eigenvalue weighted by atomic mass is 10.0. The zero-order valence-electron chi connectivity index (χ0n) is 8.16. The van der Waals surface area contributed by atoms with Crippen LogP contribution in [0.2, 0.25) is 0 Å². The Kier molecular flexibility index (Phi) is 2.39. The largest absolute Gasteiger partial charge is 0.370 e. The average molecular weight is 189 g/mol. The molecule has 0 fully saturated rings. The summed E-state index contributed by atoms with van der Waals surface area (Å²) in [6.07, 6.45) is 2.18. The molecule has 2 rings (SSSR count). The number of fused-ring (bicyclic) bond motifs is 1. The molecule has 1 aliphatic heterocycles. The second kappa shape index (κ2) is 3.70. The summed E-state index contributed by atoms with van der Waals surface area (Å²) in [5.41, 5.74) is 8.21. The van der Waals surface area contributed by atoms with Crippen molar-refractivity contribution in [2.45, 2.75) is 19.4 Å². The third-order valence-electron chi connectivity index (χ3n) is 2.69. The Morgan fingerprint density at radius 2 is 2.00 bits per heavy atom. The molecule has 0 spiro atoms. The molecule has 0 amide bonds. The molecule has 0 aromatic heterocycles. The molecule has 0 saturated carbocycles. The van der Waals surface area contributed by atoms with E-state index in [9.17, 15) is 0 Å². The molecule has 1 heterocycles. The second-order valence-electron chi connectivity index (χ2n) is 3.68. The van der Waals surface area contributed by atoms with Gasteiger partial charge in [0.1, 0.15) is 0 Å². The SMILES string of the molecule is N=C(N)N1CCCc2ccccc2C1. The number of hydrogen-bond donors (Lipinski definition) is 2. The molecule has 0 aliphatic carbocycles. The minimum atomic E-state index is 0.182. The minimum Gasteiger partial charge on any atom is -0.370 e. The quantitative estimate of drug-likeness (QED) is 0.478. The van der Waals surface area contributed by atoms with Crippen molar-refractivity contribution in [2.24, 2.45) is 5.73 Å². The first kappa shape index (κ1) is 9.06. The lowest BCUT2D eigenvalue weighted by Gasteiger charge is -2.20. The summed E-state index contributed by atoms with van der Waals surface area (Å²) in [7, 11) is 0. The summed E-state index contributed by atoms with van der Waals surface area (Å²) in [4.78, 5) is 1.92. The van der Waals surface area contributed by atoms with Crippen molar-refractivity contribution >= 4 is 5.96 Å². The first-order valence-corrected chi connectivity index (χ1v) is 4.93. The number of aryl methyl sites for hydroxylation is 1. The van der Waals surface area contributed by atoms with Gasteiger partial charge in [0, 0.05) is 13.1 Å². The molecule has 0 radical (unpaired) electrons. The molecule has 74 valence electrons. The van der Waals surface area contributed by atoms with Gasteiger partial charge >= 0.3 is 0 Å². The van der Waals surface area contributed by atoms with Gasteiger partial charge in [-0.15, -0.1) is 0 Å². The highest BCUT2D eigenvalue weighted by atomic mass is 15.2. The van der Waals surface area contributed by atoms with E-state index in [1.807, 2.05) is 11.0 Å². The van der Waals surface area contributed by atoms with Gasteiger partial charge in [0.05, 0.1) is 0 Å². The molecular formula is C11H15N3. The number of benzene rings is 1. The topological polar surface area (TPSA) is 53.1 Å². The maximum Gasteiger partial charge on any atom is 0.188 e. The average Bonchev–Trinajstić information content (AvgIpc) is 2.39. The lowest BCUT2D eigenvalue weighted by molar-refractivity contribution is 0.410. The van der Waals surface area contributed by atoms with Crippen molar-refractivity contribution < 1.29 is 0 Å². The minimum absolute atomic E-state index is 0.182. The van der Waals surface area contributed by atoms with Crippen LogP contribution in [-0.4, -0.2) is 17.4 Å². The van der Waals surface area contributed by atoms with Crippen LogP contribution in [0.3, 0.4) is 0 Å². The maximum atomic E-state index is 7.43. The molecule has 3 N–H and O–H groups in total. The van der Waals surface area contributed by atoms with Crippen molar-refractivity contribution in [3.8, 4) is 0 Å². The third-order valence-corrected chi connectivity index (χ3v) is 2.69. The number of guanidine groups is 1. The van der Waals surface area contributed by atoms with Crippen LogP contribution in [0.15, 0.2) is 24.3 Å². The predicted octanol–water partition coefficient (Wildman–Crippen LogP) is 1.33. The van der Waals surface area contributed by atoms with E-state index in [1.54, 1.807) is 0 Å². The van der Waals surface area contributed by atoms with E-state index in [1.165, 1.54) is 11.1 Å². The zero-order valence-corrected chi connectivity index (χ0v) is 8.16. The highest BCUT2D eigenvalue weighted by Crippen LogP contribution is 2.17. The number of nitrogens with zero attached hydrogens (tertiary/aromatic N) is 1. The smallest absolute Gasteiger partial charge is 0.188 e. The monoisotopic (exact) mass is 189 g/mol. The molecule has 0 atom stereocenters. The summed E-state index contributed by atoms with van der Waals surface area (Å²) >= 11 is 0. The van der Waals surface area contributed by atoms with E-state index in [-0.39, 0.29) is 5.96 Å². The summed E-state index contributed by atoms with van der Waals surface area (Å²) in [5, 5.41) is 7.43. The highest BCUT2D eigenvalue weighted by molar-refractivity contribution is 5.74. The van der Waals surface area contributed by atoms with Crippen LogP contribution in [0.4, 0.5) is 0 Å². The van der Waals surface area contributed by atoms with Crippen molar-refractivity contribution in [3.05, 3.63) is 35.4 Å². The van der Waals surface area contributed by atoms with Crippen molar-refractivity contribution in [1.82, 2.24) is 4.90 Å². The van der Waals surface area contributed by atoms with E-state index in [4.69, 9.17) is 11.1 Å². The fourth-order valence-corrected chi connectivity index (χ4v) is 1.91. The van der Waals surface area contributed by atoms with Crippen LogP contribution >= 0.6 is 0 Å². The molecule has 0 bridgehead atoms. The van der Waals surface area contributed by atoms with Crippen molar-refractivity contribution in [1.29, 1.82) is 5.41 Å². The Labute approximate surface area is 84.0 Å². The van der Waals surface area contributed by atoms with Crippen LogP contribution in [0.1, 0.15) is 17.5 Å². The molecular weight excluding hydrogens is 174 g/mol. The van der Waals surface area contributed by atoms with Crippen LogP contribution < -0.4 is 5.73 Å². The Balaban J connectivity index is 2.26. The van der Waals surface area contributed by atoms with Crippen molar-refractivity contribution in [2.75, 3.05) is 6.54 Å². The van der Waals surface area contributed by atoms with Crippen molar-refractivity contribution in [3.63, 3.8) is 0 Å². The standard InChI is InChI=1S/C11H15N3/c12-11(13)14-7-3-6-9-4-1-2-5-10(9)8-14/h1-2,4-5H,3,6-8H2,(H3,12,13). The number of rotatable bonds is 0. The van der Waals surface area contributed by atoms with Gasteiger partial charge in [-0.3, -0.25) is 5.41 Å². The van der Waals surface area contributed by atoms with Gasteiger partial charge in [0.2, 0.25) is 0 Å². The molecule has 14 heavy (non-hydrogen) atoms. The summed E-state index contributed by atoms with van der Waals surface area (Å²) in [6.45, 7) is 1.68.